The molecule has 0 amide bonds. The van der Waals surface area contributed by atoms with E-state index in [0.717, 1.165) is 31.8 Å². The normalized spacial score (nSPS) is 11.2. The van der Waals surface area contributed by atoms with Gasteiger partial charge in [-0.25, -0.2) is 0 Å². The maximum absolute atomic E-state index is 5.55. The van der Waals surface area contributed by atoms with Gasteiger partial charge in [0.2, 0.25) is 0 Å². The maximum atomic E-state index is 5.55. The molecule has 23 heavy (non-hydrogen) atoms. The Labute approximate surface area is 154 Å². The molecule has 0 aliphatic heterocycles. The van der Waals surface area contributed by atoms with Gasteiger partial charge in [-0.3, -0.25) is 0 Å². The number of halogens is 1. The highest BCUT2D eigenvalue weighted by Gasteiger charge is 1.94. The summed E-state index contributed by atoms with van der Waals surface area (Å²) in [4.78, 5) is 0. The maximum Gasteiger partial charge on any atom is 0.0700 e. The number of unbranched alkanes of at least 4 members (excludes halogenated alkanes) is 13. The summed E-state index contributed by atoms with van der Waals surface area (Å²) in [6, 6.07) is 0. The molecule has 0 rings (SSSR count). The van der Waals surface area contributed by atoms with Gasteiger partial charge in [-0.15, -0.1) is 0 Å². The molecule has 140 valence electrons. The molecule has 0 fully saturated rings. The first kappa shape index (κ1) is 23.4. The summed E-state index contributed by atoms with van der Waals surface area (Å²) < 4.78 is 10.9. The van der Waals surface area contributed by atoms with Crippen LogP contribution in [0.2, 0.25) is 0 Å². The van der Waals surface area contributed by atoms with Crippen LogP contribution in [0.1, 0.15) is 96.8 Å². The summed E-state index contributed by atoms with van der Waals surface area (Å²) in [7, 11) is 0. The molecule has 0 atom stereocenters. The summed E-state index contributed by atoms with van der Waals surface area (Å²) in [6.07, 6.45) is 19.7. The van der Waals surface area contributed by atoms with E-state index in [1.54, 1.807) is 0 Å². The van der Waals surface area contributed by atoms with Gasteiger partial charge in [0.1, 0.15) is 0 Å². The molecule has 2 nitrogen and oxygen atoms in total. The molecule has 3 heteroatoms. The molecule has 0 aromatic carbocycles. The van der Waals surface area contributed by atoms with Crippen molar-refractivity contribution in [3.05, 3.63) is 0 Å². The summed E-state index contributed by atoms with van der Waals surface area (Å²) in [5, 5.41) is 0.909. The van der Waals surface area contributed by atoms with Crippen LogP contribution in [0, 0.1) is 0 Å². The van der Waals surface area contributed by atoms with Crippen molar-refractivity contribution in [3.8, 4) is 0 Å². The first-order chi connectivity index (χ1) is 11.4. The Bertz CT molecular complexity index is 180. The molecule has 0 aromatic rings. The van der Waals surface area contributed by atoms with Gasteiger partial charge in [-0.1, -0.05) is 106 Å². The Morgan fingerprint density at radius 3 is 1.30 bits per heavy atom. The summed E-state index contributed by atoms with van der Waals surface area (Å²) >= 11 is 3.34. The van der Waals surface area contributed by atoms with Gasteiger partial charge in [-0.2, -0.15) is 0 Å². The van der Waals surface area contributed by atoms with Gasteiger partial charge in [0.15, 0.2) is 0 Å². The third-order valence-electron chi connectivity index (χ3n) is 4.24. The molecule has 0 N–H and O–H groups in total. The van der Waals surface area contributed by atoms with Crippen LogP contribution in [-0.4, -0.2) is 31.8 Å². The average Bonchev–Trinajstić information content (AvgIpc) is 2.57. The van der Waals surface area contributed by atoms with E-state index in [0.29, 0.717) is 0 Å². The van der Waals surface area contributed by atoms with Crippen LogP contribution in [0.15, 0.2) is 0 Å². The van der Waals surface area contributed by atoms with Crippen LogP contribution in [-0.2, 0) is 9.47 Å². The van der Waals surface area contributed by atoms with Gasteiger partial charge in [-0.05, 0) is 6.42 Å². The van der Waals surface area contributed by atoms with Crippen molar-refractivity contribution in [3.63, 3.8) is 0 Å². The van der Waals surface area contributed by atoms with Gasteiger partial charge in [0.05, 0.1) is 19.8 Å². The van der Waals surface area contributed by atoms with Crippen molar-refractivity contribution < 1.29 is 9.47 Å². The zero-order valence-corrected chi connectivity index (χ0v) is 17.2. The summed E-state index contributed by atoms with van der Waals surface area (Å²) in [5.41, 5.74) is 0. The number of hydrogen-bond acceptors (Lipinski definition) is 2. The minimum Gasteiger partial charge on any atom is -0.379 e. The van der Waals surface area contributed by atoms with Gasteiger partial charge in [0, 0.05) is 11.9 Å². The van der Waals surface area contributed by atoms with Crippen molar-refractivity contribution in [2.24, 2.45) is 0 Å². The summed E-state index contributed by atoms with van der Waals surface area (Å²) in [6.45, 7) is 5.43. The minimum absolute atomic E-state index is 0.726. The fourth-order valence-corrected chi connectivity index (χ4v) is 3.00. The molecule has 0 unspecified atom stereocenters. The Hall–Kier alpha value is 0.400. The predicted octanol–water partition coefficient (Wildman–Crippen LogP) is 6.90. The van der Waals surface area contributed by atoms with Gasteiger partial charge in [0.25, 0.3) is 0 Å². The van der Waals surface area contributed by atoms with Crippen molar-refractivity contribution in [1.82, 2.24) is 0 Å². The molecular weight excluding hydrogens is 352 g/mol. The zero-order chi connectivity index (χ0) is 16.8. The molecule has 0 aliphatic rings. The lowest BCUT2D eigenvalue weighted by atomic mass is 10.0. The van der Waals surface area contributed by atoms with Crippen LogP contribution in [0.5, 0.6) is 0 Å². The van der Waals surface area contributed by atoms with Crippen molar-refractivity contribution in [1.29, 1.82) is 0 Å². The molecule has 0 saturated heterocycles. The topological polar surface area (TPSA) is 18.5 Å². The molecular formula is C20H41BrO2. The third kappa shape index (κ3) is 22.4. The van der Waals surface area contributed by atoms with E-state index < -0.39 is 0 Å². The van der Waals surface area contributed by atoms with Crippen LogP contribution in [0.25, 0.3) is 0 Å². The first-order valence-corrected chi connectivity index (χ1v) is 11.3. The van der Waals surface area contributed by atoms with Crippen LogP contribution in [0.4, 0.5) is 0 Å². The summed E-state index contributed by atoms with van der Waals surface area (Å²) in [5.74, 6) is 0. The van der Waals surface area contributed by atoms with Gasteiger partial charge < -0.3 is 9.47 Å². The Morgan fingerprint density at radius 2 is 0.870 bits per heavy atom. The lowest BCUT2D eigenvalue weighted by Crippen LogP contribution is -2.06. The predicted molar refractivity (Wildman–Crippen MR) is 106 cm³/mol. The minimum atomic E-state index is 0.726. The van der Waals surface area contributed by atoms with E-state index in [-0.39, 0.29) is 0 Å². The molecule has 0 aliphatic carbocycles. The lowest BCUT2D eigenvalue weighted by Gasteiger charge is -2.05. The molecule has 0 spiro atoms. The van der Waals surface area contributed by atoms with E-state index in [4.69, 9.17) is 9.47 Å². The van der Waals surface area contributed by atoms with Crippen LogP contribution < -0.4 is 0 Å². The Morgan fingerprint density at radius 1 is 0.478 bits per heavy atom. The molecule has 0 heterocycles. The highest BCUT2D eigenvalue weighted by molar-refractivity contribution is 9.09. The third-order valence-corrected chi connectivity index (χ3v) is 4.56. The number of hydrogen-bond donors (Lipinski definition) is 0. The Kier molecular flexibility index (Phi) is 22.8. The van der Waals surface area contributed by atoms with E-state index in [2.05, 4.69) is 22.9 Å². The molecule has 0 bridgehead atoms. The Balaban J connectivity index is 2.92. The van der Waals surface area contributed by atoms with E-state index >= 15 is 0 Å². The quantitative estimate of drug-likeness (QED) is 0.165. The molecule has 0 aromatic heterocycles. The molecule has 0 radical (unpaired) electrons. The van der Waals surface area contributed by atoms with E-state index in [1.807, 2.05) is 0 Å². The van der Waals surface area contributed by atoms with Gasteiger partial charge >= 0.3 is 0 Å². The highest BCUT2D eigenvalue weighted by atomic mass is 79.9. The fourth-order valence-electron chi connectivity index (χ4n) is 2.78. The van der Waals surface area contributed by atoms with Crippen molar-refractivity contribution >= 4 is 15.9 Å². The monoisotopic (exact) mass is 392 g/mol. The largest absolute Gasteiger partial charge is 0.379 e. The van der Waals surface area contributed by atoms with Crippen LogP contribution >= 0.6 is 15.9 Å². The van der Waals surface area contributed by atoms with E-state index in [1.165, 1.54) is 89.9 Å². The SMILES string of the molecule is CCCCCCCCCCCCCCCCOCCOCCBr. The lowest BCUT2D eigenvalue weighted by molar-refractivity contribution is 0.0524. The van der Waals surface area contributed by atoms with Crippen molar-refractivity contribution in [2.45, 2.75) is 96.8 Å². The van der Waals surface area contributed by atoms with Crippen molar-refractivity contribution in [2.75, 3.05) is 31.8 Å². The number of alkyl halides is 1. The number of ether oxygens (including phenoxy) is 2. The number of rotatable bonds is 20. The second-order valence-electron chi connectivity index (χ2n) is 6.51. The zero-order valence-electron chi connectivity index (χ0n) is 15.6. The van der Waals surface area contributed by atoms with Crippen LogP contribution in [0.3, 0.4) is 0 Å². The second-order valence-corrected chi connectivity index (χ2v) is 7.30. The fraction of sp³-hybridized carbons (Fsp3) is 1.00. The second kappa shape index (κ2) is 22.4. The standard InChI is InChI=1S/C20H41BrO2/c1-2-3-4-5-6-7-8-9-10-11-12-13-14-15-17-22-19-20-23-18-16-21/h2-20H2,1H3. The average molecular weight is 393 g/mol. The van der Waals surface area contributed by atoms with E-state index in [9.17, 15) is 0 Å². The smallest absolute Gasteiger partial charge is 0.0700 e. The molecule has 0 saturated carbocycles. The highest BCUT2D eigenvalue weighted by Crippen LogP contribution is 2.12. The first-order valence-electron chi connectivity index (χ1n) is 10.1.